The molecule has 8 heteroatoms. The lowest BCUT2D eigenvalue weighted by molar-refractivity contribution is -0.129. The fourth-order valence-corrected chi connectivity index (χ4v) is 3.83. The van der Waals surface area contributed by atoms with Crippen molar-refractivity contribution in [3.8, 4) is 0 Å². The van der Waals surface area contributed by atoms with Crippen LogP contribution in [-0.2, 0) is 4.79 Å². The molecule has 2 fully saturated rings. The lowest BCUT2D eigenvalue weighted by Gasteiger charge is -2.30. The summed E-state index contributed by atoms with van der Waals surface area (Å²) < 4.78 is 5.54. The van der Waals surface area contributed by atoms with Gasteiger partial charge in [-0.1, -0.05) is 35.5 Å². The first-order valence-electron chi connectivity index (χ1n) is 9.22. The topological polar surface area (TPSA) is 74.5 Å². The molecule has 1 aromatic carbocycles. The van der Waals surface area contributed by atoms with Crippen LogP contribution in [-0.4, -0.2) is 59.1 Å². The predicted octanol–water partition coefficient (Wildman–Crippen LogP) is 2.14. The molecule has 1 aromatic heterocycles. The summed E-state index contributed by atoms with van der Waals surface area (Å²) in [5.74, 6) is 1.39. The van der Waals surface area contributed by atoms with Gasteiger partial charge in [0.15, 0.2) is 5.82 Å². The highest BCUT2D eigenvalue weighted by molar-refractivity contribution is 5.85. The number of carbonyl (C=O) groups is 1. The average Bonchev–Trinajstić information content (AvgIpc) is 3.29. The van der Waals surface area contributed by atoms with Gasteiger partial charge in [-0.05, 0) is 19.5 Å². The highest BCUT2D eigenvalue weighted by atomic mass is 35.5. The van der Waals surface area contributed by atoms with Crippen LogP contribution in [0.1, 0.15) is 48.6 Å². The zero-order valence-electron chi connectivity index (χ0n) is 15.7. The average molecular weight is 392 g/mol. The number of halogens is 1. The van der Waals surface area contributed by atoms with E-state index in [1.807, 2.05) is 23.1 Å². The summed E-state index contributed by atoms with van der Waals surface area (Å²) >= 11 is 0. The number of carbonyl (C=O) groups excluding carboxylic acids is 1. The van der Waals surface area contributed by atoms with Crippen LogP contribution in [0.4, 0.5) is 0 Å². The number of nitrogens with one attached hydrogen (secondary N) is 1. The molecule has 0 radical (unpaired) electrons. The van der Waals surface area contributed by atoms with Crippen molar-refractivity contribution in [1.82, 2.24) is 25.3 Å². The molecule has 7 nitrogen and oxygen atoms in total. The fourth-order valence-electron chi connectivity index (χ4n) is 3.83. The number of hydrogen-bond acceptors (Lipinski definition) is 6. The van der Waals surface area contributed by atoms with Crippen molar-refractivity contribution in [2.75, 3.05) is 33.2 Å². The molecule has 3 unspecified atom stereocenters. The highest BCUT2D eigenvalue weighted by Crippen LogP contribution is 2.33. The standard InChI is InChI=1S/C19H25N5O2.ClH/c1-13(14-6-4-3-5-7-14)24-12-15(10-17(24)25)19-21-18(22-26-19)16-11-20-8-9-23(16)2;/h3-7,13,15-16,20H,8-12H2,1-2H3;1H. The Hall–Kier alpha value is -1.96. The Morgan fingerprint density at radius 1 is 1.30 bits per heavy atom. The number of aromatic nitrogens is 2. The van der Waals surface area contributed by atoms with E-state index in [0.29, 0.717) is 24.7 Å². The van der Waals surface area contributed by atoms with E-state index in [4.69, 9.17) is 4.52 Å². The van der Waals surface area contributed by atoms with Crippen LogP contribution in [0.5, 0.6) is 0 Å². The molecule has 1 amide bonds. The van der Waals surface area contributed by atoms with E-state index in [-0.39, 0.29) is 36.3 Å². The summed E-state index contributed by atoms with van der Waals surface area (Å²) in [4.78, 5) is 21.3. The molecule has 0 spiro atoms. The van der Waals surface area contributed by atoms with Gasteiger partial charge in [0.2, 0.25) is 11.8 Å². The molecule has 27 heavy (non-hydrogen) atoms. The summed E-state index contributed by atoms with van der Waals surface area (Å²) in [7, 11) is 2.07. The van der Waals surface area contributed by atoms with E-state index in [9.17, 15) is 4.79 Å². The summed E-state index contributed by atoms with van der Waals surface area (Å²) in [6, 6.07) is 10.3. The maximum absolute atomic E-state index is 12.6. The number of rotatable bonds is 4. The molecule has 146 valence electrons. The quantitative estimate of drug-likeness (QED) is 0.860. The molecule has 2 aliphatic rings. The third-order valence-corrected chi connectivity index (χ3v) is 5.52. The number of amides is 1. The van der Waals surface area contributed by atoms with Crippen LogP contribution in [0, 0.1) is 0 Å². The van der Waals surface area contributed by atoms with Crippen molar-refractivity contribution in [3.05, 3.63) is 47.6 Å². The Bertz CT molecular complexity index is 768. The summed E-state index contributed by atoms with van der Waals surface area (Å²) in [5, 5.41) is 7.55. The number of benzene rings is 1. The minimum Gasteiger partial charge on any atom is -0.339 e. The first kappa shape index (κ1) is 19.8. The summed E-state index contributed by atoms with van der Waals surface area (Å²) in [5.41, 5.74) is 1.14. The normalized spacial score (nSPS) is 24.7. The SMILES string of the molecule is CC(c1ccccc1)N1CC(c2nc(C3CNCCN3C)no2)CC1=O.Cl. The molecule has 2 saturated heterocycles. The van der Waals surface area contributed by atoms with Gasteiger partial charge in [0.25, 0.3) is 0 Å². The molecule has 0 saturated carbocycles. The zero-order valence-corrected chi connectivity index (χ0v) is 16.5. The Morgan fingerprint density at radius 3 is 2.81 bits per heavy atom. The first-order chi connectivity index (χ1) is 12.6. The number of piperazine rings is 1. The van der Waals surface area contributed by atoms with E-state index < -0.39 is 0 Å². The molecule has 2 aliphatic heterocycles. The van der Waals surface area contributed by atoms with Gasteiger partial charge in [-0.2, -0.15) is 4.98 Å². The van der Waals surface area contributed by atoms with Gasteiger partial charge in [0, 0.05) is 32.6 Å². The fraction of sp³-hybridized carbons (Fsp3) is 0.526. The number of hydrogen-bond donors (Lipinski definition) is 1. The van der Waals surface area contributed by atoms with Crippen LogP contribution >= 0.6 is 12.4 Å². The summed E-state index contributed by atoms with van der Waals surface area (Å²) in [6.45, 7) is 5.43. The Balaban J connectivity index is 0.00000210. The van der Waals surface area contributed by atoms with Gasteiger partial charge < -0.3 is 14.7 Å². The highest BCUT2D eigenvalue weighted by Gasteiger charge is 2.37. The number of likely N-dealkylation sites (N-methyl/N-ethyl adjacent to an activating group) is 1. The molecule has 3 heterocycles. The molecular weight excluding hydrogens is 366 g/mol. The second kappa shape index (κ2) is 8.37. The second-order valence-electron chi connectivity index (χ2n) is 7.23. The first-order valence-corrected chi connectivity index (χ1v) is 9.22. The lowest BCUT2D eigenvalue weighted by atomic mass is 10.1. The summed E-state index contributed by atoms with van der Waals surface area (Å²) in [6.07, 6.45) is 0.428. The van der Waals surface area contributed by atoms with E-state index in [0.717, 1.165) is 25.2 Å². The van der Waals surface area contributed by atoms with Crippen LogP contribution in [0.15, 0.2) is 34.9 Å². The monoisotopic (exact) mass is 391 g/mol. The van der Waals surface area contributed by atoms with Crippen LogP contribution in [0.25, 0.3) is 0 Å². The van der Waals surface area contributed by atoms with E-state index in [1.54, 1.807) is 0 Å². The van der Waals surface area contributed by atoms with Crippen molar-refractivity contribution in [3.63, 3.8) is 0 Å². The third kappa shape index (κ3) is 4.00. The van der Waals surface area contributed by atoms with Crippen molar-refractivity contribution in [2.24, 2.45) is 0 Å². The van der Waals surface area contributed by atoms with E-state index >= 15 is 0 Å². The van der Waals surface area contributed by atoms with Gasteiger partial charge in [0.05, 0.1) is 18.0 Å². The van der Waals surface area contributed by atoms with Gasteiger partial charge in [-0.3, -0.25) is 9.69 Å². The van der Waals surface area contributed by atoms with Crippen molar-refractivity contribution in [2.45, 2.75) is 31.3 Å². The van der Waals surface area contributed by atoms with Gasteiger partial charge in [-0.15, -0.1) is 12.4 Å². The predicted molar refractivity (Wildman–Crippen MR) is 104 cm³/mol. The smallest absolute Gasteiger partial charge is 0.232 e. The van der Waals surface area contributed by atoms with Crippen LogP contribution in [0.3, 0.4) is 0 Å². The lowest BCUT2D eigenvalue weighted by Crippen LogP contribution is -2.44. The molecule has 2 aromatic rings. The molecule has 0 bridgehead atoms. The second-order valence-corrected chi connectivity index (χ2v) is 7.23. The van der Waals surface area contributed by atoms with Crippen molar-refractivity contribution in [1.29, 1.82) is 0 Å². The Kier molecular flexibility index (Phi) is 6.14. The third-order valence-electron chi connectivity index (χ3n) is 5.52. The molecular formula is C19H26ClN5O2. The largest absolute Gasteiger partial charge is 0.339 e. The van der Waals surface area contributed by atoms with Crippen molar-refractivity contribution < 1.29 is 9.32 Å². The molecule has 1 N–H and O–H groups in total. The molecule has 3 atom stereocenters. The molecule has 0 aliphatic carbocycles. The Labute approximate surface area is 165 Å². The minimum absolute atomic E-state index is 0. The van der Waals surface area contributed by atoms with Crippen LogP contribution < -0.4 is 5.32 Å². The van der Waals surface area contributed by atoms with Gasteiger partial charge in [0.1, 0.15) is 0 Å². The molecule has 4 rings (SSSR count). The van der Waals surface area contributed by atoms with Gasteiger partial charge >= 0.3 is 0 Å². The van der Waals surface area contributed by atoms with Crippen LogP contribution in [0.2, 0.25) is 0 Å². The zero-order chi connectivity index (χ0) is 18.1. The maximum Gasteiger partial charge on any atom is 0.232 e. The van der Waals surface area contributed by atoms with E-state index in [1.165, 1.54) is 0 Å². The Morgan fingerprint density at radius 2 is 2.07 bits per heavy atom. The number of likely N-dealkylation sites (tertiary alicyclic amines) is 1. The van der Waals surface area contributed by atoms with Gasteiger partial charge in [-0.25, -0.2) is 0 Å². The minimum atomic E-state index is -0.0308. The number of nitrogens with zero attached hydrogens (tertiary/aromatic N) is 4. The van der Waals surface area contributed by atoms with E-state index in [2.05, 4.69) is 46.5 Å². The maximum atomic E-state index is 12.6. The van der Waals surface area contributed by atoms with Crippen molar-refractivity contribution >= 4 is 18.3 Å².